The number of nitrogens with zero attached hydrogens (tertiary/aromatic N) is 2. The fourth-order valence-corrected chi connectivity index (χ4v) is 4.51. The first-order valence-electron chi connectivity index (χ1n) is 12.0. The lowest BCUT2D eigenvalue weighted by Gasteiger charge is -2.28. The number of nitrogens with one attached hydrogen (secondary N) is 2. The molecule has 0 saturated heterocycles. The summed E-state index contributed by atoms with van der Waals surface area (Å²) < 4.78 is 5.49. The summed E-state index contributed by atoms with van der Waals surface area (Å²) >= 11 is 0. The molecule has 1 aliphatic carbocycles. The first-order chi connectivity index (χ1) is 16.7. The Kier molecular flexibility index (Phi) is 7.19. The number of carbonyl (C=O) groups excluding carboxylic acids is 1. The van der Waals surface area contributed by atoms with Gasteiger partial charge in [0.2, 0.25) is 0 Å². The zero-order chi connectivity index (χ0) is 25.0. The number of hydrogen-bond acceptors (Lipinski definition) is 6. The Labute approximate surface area is 205 Å². The summed E-state index contributed by atoms with van der Waals surface area (Å²) in [6.07, 6.45) is 4.10. The van der Waals surface area contributed by atoms with Gasteiger partial charge in [-0.1, -0.05) is 50.1 Å². The van der Waals surface area contributed by atoms with E-state index in [0.717, 1.165) is 31.4 Å². The van der Waals surface area contributed by atoms with Gasteiger partial charge in [0.15, 0.2) is 0 Å². The lowest BCUT2D eigenvalue weighted by molar-refractivity contribution is -0.138. The molecule has 4 rings (SSSR count). The highest BCUT2D eigenvalue weighted by Gasteiger charge is 2.24. The highest BCUT2D eigenvalue weighted by atomic mass is 16.4. The molecule has 0 atom stereocenters. The fourth-order valence-electron chi connectivity index (χ4n) is 4.51. The number of carbonyl (C=O) groups is 2. The molecule has 2 aromatic carbocycles. The van der Waals surface area contributed by atoms with Crippen molar-refractivity contribution in [1.29, 1.82) is 0 Å². The van der Waals surface area contributed by atoms with Crippen LogP contribution in [0.25, 0.3) is 0 Å². The molecule has 1 aliphatic rings. The van der Waals surface area contributed by atoms with Crippen molar-refractivity contribution in [2.75, 3.05) is 10.6 Å². The van der Waals surface area contributed by atoms with E-state index in [0.29, 0.717) is 11.6 Å². The van der Waals surface area contributed by atoms with E-state index in [2.05, 4.69) is 41.6 Å². The maximum absolute atomic E-state index is 12.6. The van der Waals surface area contributed by atoms with E-state index in [1.165, 1.54) is 11.1 Å². The van der Waals surface area contributed by atoms with Crippen LogP contribution in [-0.4, -0.2) is 27.2 Å². The molecule has 0 spiro atoms. The minimum Gasteiger partial charge on any atom is -0.481 e. The molecule has 3 aromatic rings. The van der Waals surface area contributed by atoms with Crippen LogP contribution in [0.15, 0.2) is 52.9 Å². The van der Waals surface area contributed by atoms with Crippen molar-refractivity contribution < 1.29 is 19.1 Å². The molecule has 1 amide bonds. The Balaban J connectivity index is 1.30. The monoisotopic (exact) mass is 476 g/mol. The summed E-state index contributed by atoms with van der Waals surface area (Å²) in [5.41, 5.74) is 3.92. The average molecular weight is 477 g/mol. The molecular weight excluding hydrogens is 444 g/mol. The Morgan fingerprint density at radius 1 is 0.943 bits per heavy atom. The molecule has 8 nitrogen and oxygen atoms in total. The molecule has 0 bridgehead atoms. The van der Waals surface area contributed by atoms with Crippen LogP contribution in [0.2, 0.25) is 0 Å². The number of amides is 1. The van der Waals surface area contributed by atoms with Crippen LogP contribution in [0.3, 0.4) is 0 Å². The summed E-state index contributed by atoms with van der Waals surface area (Å²) in [6, 6.07) is 15.9. The predicted molar refractivity (Wildman–Crippen MR) is 134 cm³/mol. The van der Waals surface area contributed by atoms with Gasteiger partial charge < -0.3 is 20.2 Å². The second-order valence-electron chi connectivity index (χ2n) is 10.3. The van der Waals surface area contributed by atoms with Gasteiger partial charge in [-0.25, -0.2) is 0 Å². The lowest BCUT2D eigenvalue weighted by Crippen LogP contribution is -2.16. The Morgan fingerprint density at radius 2 is 1.57 bits per heavy atom. The number of hydrogen-bond donors (Lipinski definition) is 3. The summed E-state index contributed by atoms with van der Waals surface area (Å²) in [4.78, 5) is 23.5. The highest BCUT2D eigenvalue weighted by Crippen LogP contribution is 2.37. The second kappa shape index (κ2) is 10.3. The predicted octanol–water partition coefficient (Wildman–Crippen LogP) is 6.11. The molecule has 0 radical (unpaired) electrons. The molecule has 35 heavy (non-hydrogen) atoms. The van der Waals surface area contributed by atoms with Gasteiger partial charge in [0.1, 0.15) is 0 Å². The van der Waals surface area contributed by atoms with Gasteiger partial charge in [-0.3, -0.25) is 9.59 Å². The standard InChI is InChI=1S/C27H32N4O4/c1-27(2,3)20-10-14-22(15-11-20)29-26-31-30-25(35-26)24(34)28-21-12-8-19(9-13-21)18-6-4-17(5-7-18)16-23(32)33/h8-15,17-18H,4-7,16H2,1-3H3,(H,28,34)(H,29,31)(H,32,33). The first kappa shape index (κ1) is 24.4. The topological polar surface area (TPSA) is 117 Å². The maximum atomic E-state index is 12.6. The zero-order valence-corrected chi connectivity index (χ0v) is 20.4. The van der Waals surface area contributed by atoms with Crippen LogP contribution in [-0.2, 0) is 10.2 Å². The SMILES string of the molecule is CC(C)(C)c1ccc(Nc2nnc(C(=O)Nc3ccc(C4CCC(CC(=O)O)CC4)cc3)o2)cc1. The zero-order valence-electron chi connectivity index (χ0n) is 20.4. The maximum Gasteiger partial charge on any atom is 0.320 e. The van der Waals surface area contributed by atoms with E-state index in [-0.39, 0.29) is 29.7 Å². The van der Waals surface area contributed by atoms with Crippen molar-refractivity contribution in [3.05, 3.63) is 65.5 Å². The third-order valence-electron chi connectivity index (χ3n) is 6.57. The molecule has 1 saturated carbocycles. The summed E-state index contributed by atoms with van der Waals surface area (Å²) in [7, 11) is 0. The molecular formula is C27H32N4O4. The third kappa shape index (κ3) is 6.47. The van der Waals surface area contributed by atoms with Gasteiger partial charge in [0.25, 0.3) is 0 Å². The largest absolute Gasteiger partial charge is 0.481 e. The van der Waals surface area contributed by atoms with Crippen molar-refractivity contribution in [1.82, 2.24) is 10.2 Å². The molecule has 0 unspecified atom stereocenters. The van der Waals surface area contributed by atoms with Crippen molar-refractivity contribution in [2.45, 2.75) is 64.2 Å². The van der Waals surface area contributed by atoms with Gasteiger partial charge >= 0.3 is 23.8 Å². The average Bonchev–Trinajstić information content (AvgIpc) is 3.28. The normalized spacial score (nSPS) is 18.1. The highest BCUT2D eigenvalue weighted by molar-refractivity contribution is 6.00. The van der Waals surface area contributed by atoms with Crippen LogP contribution in [0.5, 0.6) is 0 Å². The third-order valence-corrected chi connectivity index (χ3v) is 6.57. The van der Waals surface area contributed by atoms with Crippen LogP contribution < -0.4 is 10.6 Å². The van der Waals surface area contributed by atoms with Gasteiger partial charge in [-0.05, 0) is 78.3 Å². The molecule has 1 fully saturated rings. The van der Waals surface area contributed by atoms with E-state index in [1.807, 2.05) is 48.5 Å². The minimum atomic E-state index is -0.715. The Hall–Kier alpha value is -3.68. The first-order valence-corrected chi connectivity index (χ1v) is 12.0. The molecule has 184 valence electrons. The van der Waals surface area contributed by atoms with Gasteiger partial charge in [-0.15, -0.1) is 5.10 Å². The molecule has 3 N–H and O–H groups in total. The van der Waals surface area contributed by atoms with Crippen molar-refractivity contribution in [3.63, 3.8) is 0 Å². The Morgan fingerprint density at radius 3 is 2.17 bits per heavy atom. The summed E-state index contributed by atoms with van der Waals surface area (Å²) in [6.45, 7) is 6.46. The van der Waals surface area contributed by atoms with Crippen LogP contribution in [0.1, 0.15) is 80.6 Å². The van der Waals surface area contributed by atoms with Gasteiger partial charge in [0, 0.05) is 17.8 Å². The van der Waals surface area contributed by atoms with Gasteiger partial charge in [-0.2, -0.15) is 0 Å². The number of benzene rings is 2. The molecule has 1 heterocycles. The van der Waals surface area contributed by atoms with Crippen molar-refractivity contribution >= 4 is 29.3 Å². The number of carboxylic acid groups (broad SMARTS) is 1. The summed E-state index contributed by atoms with van der Waals surface area (Å²) in [5, 5.41) is 22.6. The van der Waals surface area contributed by atoms with E-state index >= 15 is 0 Å². The summed E-state index contributed by atoms with van der Waals surface area (Å²) in [5.74, 6) is -0.617. The smallest absolute Gasteiger partial charge is 0.320 e. The second-order valence-corrected chi connectivity index (χ2v) is 10.3. The fraction of sp³-hybridized carbons (Fsp3) is 0.407. The van der Waals surface area contributed by atoms with Crippen LogP contribution in [0.4, 0.5) is 17.4 Å². The molecule has 0 aliphatic heterocycles. The number of carboxylic acids is 1. The van der Waals surface area contributed by atoms with E-state index < -0.39 is 11.9 Å². The number of aromatic nitrogens is 2. The quantitative estimate of drug-likeness (QED) is 0.376. The van der Waals surface area contributed by atoms with Crippen LogP contribution in [0, 0.1) is 5.92 Å². The molecule has 1 aromatic heterocycles. The number of aliphatic carboxylic acids is 1. The van der Waals surface area contributed by atoms with E-state index in [9.17, 15) is 9.59 Å². The number of anilines is 3. The Bertz CT molecular complexity index is 1160. The lowest BCUT2D eigenvalue weighted by atomic mass is 9.77. The van der Waals surface area contributed by atoms with E-state index in [1.54, 1.807) is 0 Å². The van der Waals surface area contributed by atoms with Gasteiger partial charge in [0.05, 0.1) is 0 Å². The minimum absolute atomic E-state index is 0.0634. The molecule has 8 heteroatoms. The number of rotatable bonds is 7. The van der Waals surface area contributed by atoms with E-state index in [4.69, 9.17) is 9.52 Å². The van der Waals surface area contributed by atoms with Crippen molar-refractivity contribution in [3.8, 4) is 0 Å². The van der Waals surface area contributed by atoms with Crippen molar-refractivity contribution in [2.24, 2.45) is 5.92 Å². The van der Waals surface area contributed by atoms with Crippen LogP contribution >= 0.6 is 0 Å².